The molecule has 5 heteroatoms. The van der Waals surface area contributed by atoms with E-state index in [0.29, 0.717) is 5.69 Å². The van der Waals surface area contributed by atoms with Gasteiger partial charge in [-0.25, -0.2) is 8.42 Å². The van der Waals surface area contributed by atoms with E-state index in [1.54, 1.807) is 19.3 Å². The standard InChI is InChI=1S/C7H10N2O2S/c1-8-6-3-7(5-9-4-6)12(2,10)11/h3-5,8H,1-2H3. The molecular formula is C7H10N2O2S. The van der Waals surface area contributed by atoms with Gasteiger partial charge in [0.1, 0.15) is 0 Å². The summed E-state index contributed by atoms with van der Waals surface area (Å²) in [6, 6.07) is 1.54. The van der Waals surface area contributed by atoms with Crippen molar-refractivity contribution in [3.8, 4) is 0 Å². The molecule has 0 fully saturated rings. The Morgan fingerprint density at radius 3 is 2.58 bits per heavy atom. The second-order valence-corrected chi connectivity index (χ2v) is 4.45. The summed E-state index contributed by atoms with van der Waals surface area (Å²) in [4.78, 5) is 4.01. The van der Waals surface area contributed by atoms with Crippen molar-refractivity contribution in [3.05, 3.63) is 18.5 Å². The predicted octanol–water partition coefficient (Wildman–Crippen LogP) is 0.527. The van der Waals surface area contributed by atoms with Crippen LogP contribution >= 0.6 is 0 Å². The summed E-state index contributed by atoms with van der Waals surface area (Å²) < 4.78 is 22.1. The van der Waals surface area contributed by atoms with E-state index >= 15 is 0 Å². The van der Waals surface area contributed by atoms with E-state index in [9.17, 15) is 8.42 Å². The van der Waals surface area contributed by atoms with Gasteiger partial charge in [-0.15, -0.1) is 0 Å². The van der Waals surface area contributed by atoms with Crippen molar-refractivity contribution in [1.29, 1.82) is 0 Å². The molecule has 0 atom stereocenters. The minimum atomic E-state index is -3.14. The quantitative estimate of drug-likeness (QED) is 0.731. The van der Waals surface area contributed by atoms with Crippen LogP contribution in [-0.2, 0) is 9.84 Å². The molecule has 0 amide bonds. The first-order chi connectivity index (χ1) is 5.54. The van der Waals surface area contributed by atoms with E-state index in [2.05, 4.69) is 10.3 Å². The Morgan fingerprint density at radius 1 is 1.42 bits per heavy atom. The van der Waals surface area contributed by atoms with Gasteiger partial charge in [0.05, 0.1) is 16.8 Å². The van der Waals surface area contributed by atoms with Crippen molar-refractivity contribution in [2.45, 2.75) is 4.90 Å². The first-order valence-electron chi connectivity index (χ1n) is 3.37. The lowest BCUT2D eigenvalue weighted by atomic mass is 10.4. The smallest absolute Gasteiger partial charge is 0.177 e. The molecule has 0 aliphatic heterocycles. The number of rotatable bonds is 2. The third-order valence-corrected chi connectivity index (χ3v) is 2.51. The fourth-order valence-electron chi connectivity index (χ4n) is 0.758. The van der Waals surface area contributed by atoms with Crippen LogP contribution in [0.25, 0.3) is 0 Å². The maximum Gasteiger partial charge on any atom is 0.177 e. The SMILES string of the molecule is CNc1cncc(S(C)(=O)=O)c1. The third kappa shape index (κ3) is 1.94. The molecule has 12 heavy (non-hydrogen) atoms. The maximum atomic E-state index is 11.0. The van der Waals surface area contributed by atoms with Crippen LogP contribution in [0.1, 0.15) is 0 Å². The molecule has 1 rings (SSSR count). The molecule has 0 radical (unpaired) electrons. The van der Waals surface area contributed by atoms with Crippen LogP contribution in [0.5, 0.6) is 0 Å². The number of sulfone groups is 1. The molecule has 0 bridgehead atoms. The monoisotopic (exact) mass is 186 g/mol. The highest BCUT2D eigenvalue weighted by molar-refractivity contribution is 7.90. The van der Waals surface area contributed by atoms with Crippen LogP contribution < -0.4 is 5.32 Å². The Morgan fingerprint density at radius 2 is 2.08 bits per heavy atom. The third-order valence-electron chi connectivity index (χ3n) is 1.43. The number of nitrogens with zero attached hydrogens (tertiary/aromatic N) is 1. The van der Waals surface area contributed by atoms with Gasteiger partial charge in [-0.1, -0.05) is 0 Å². The average Bonchev–Trinajstić information content (AvgIpc) is 2.03. The van der Waals surface area contributed by atoms with E-state index < -0.39 is 9.84 Å². The number of aromatic nitrogens is 1. The molecule has 1 heterocycles. The molecule has 0 aliphatic carbocycles. The zero-order valence-electron chi connectivity index (χ0n) is 6.90. The van der Waals surface area contributed by atoms with Gasteiger partial charge >= 0.3 is 0 Å². The van der Waals surface area contributed by atoms with E-state index in [-0.39, 0.29) is 4.90 Å². The highest BCUT2D eigenvalue weighted by Crippen LogP contribution is 2.11. The van der Waals surface area contributed by atoms with Gasteiger partial charge in [0.15, 0.2) is 9.84 Å². The van der Waals surface area contributed by atoms with E-state index in [4.69, 9.17) is 0 Å². The van der Waals surface area contributed by atoms with Crippen LogP contribution in [-0.4, -0.2) is 26.7 Å². The molecule has 4 nitrogen and oxygen atoms in total. The minimum absolute atomic E-state index is 0.231. The van der Waals surface area contributed by atoms with Crippen LogP contribution in [0.4, 0.5) is 5.69 Å². The first-order valence-corrected chi connectivity index (χ1v) is 5.26. The summed E-state index contributed by atoms with van der Waals surface area (Å²) in [5.74, 6) is 0. The van der Waals surface area contributed by atoms with Gasteiger partial charge in [-0.2, -0.15) is 0 Å². The van der Waals surface area contributed by atoms with Crippen molar-refractivity contribution in [2.75, 3.05) is 18.6 Å². The first kappa shape index (κ1) is 8.99. The predicted molar refractivity (Wildman–Crippen MR) is 46.9 cm³/mol. The van der Waals surface area contributed by atoms with Crippen molar-refractivity contribution in [2.24, 2.45) is 0 Å². The molecule has 0 saturated carbocycles. The Bertz CT molecular complexity index is 373. The topological polar surface area (TPSA) is 59.1 Å². The molecule has 0 spiro atoms. The molecule has 0 unspecified atom stereocenters. The van der Waals surface area contributed by atoms with Crippen LogP contribution in [0.2, 0.25) is 0 Å². The summed E-state index contributed by atoms with van der Waals surface area (Å²) in [5, 5.41) is 2.81. The lowest BCUT2D eigenvalue weighted by Crippen LogP contribution is -1.99. The Kier molecular flexibility index (Phi) is 2.32. The van der Waals surface area contributed by atoms with Crippen LogP contribution in [0.15, 0.2) is 23.4 Å². The van der Waals surface area contributed by atoms with Gasteiger partial charge in [0.2, 0.25) is 0 Å². The van der Waals surface area contributed by atoms with Gasteiger partial charge in [0, 0.05) is 19.5 Å². The van der Waals surface area contributed by atoms with E-state index in [0.717, 1.165) is 6.26 Å². The summed E-state index contributed by atoms with van der Waals surface area (Å²) in [6.07, 6.45) is 4.05. The zero-order valence-corrected chi connectivity index (χ0v) is 7.72. The lowest BCUT2D eigenvalue weighted by molar-refractivity contribution is 0.601. The highest BCUT2D eigenvalue weighted by atomic mass is 32.2. The van der Waals surface area contributed by atoms with Crippen molar-refractivity contribution in [1.82, 2.24) is 4.98 Å². The maximum absolute atomic E-state index is 11.0. The number of anilines is 1. The van der Waals surface area contributed by atoms with Gasteiger partial charge in [-0.05, 0) is 6.07 Å². The average molecular weight is 186 g/mol. The molecule has 66 valence electrons. The number of hydrogen-bond donors (Lipinski definition) is 1. The molecule has 1 N–H and O–H groups in total. The lowest BCUT2D eigenvalue weighted by Gasteiger charge is -2.00. The van der Waals surface area contributed by atoms with Crippen LogP contribution in [0.3, 0.4) is 0 Å². The fourth-order valence-corrected chi connectivity index (χ4v) is 1.35. The highest BCUT2D eigenvalue weighted by Gasteiger charge is 2.06. The van der Waals surface area contributed by atoms with Crippen molar-refractivity contribution in [3.63, 3.8) is 0 Å². The molecule has 0 aliphatic rings. The molecular weight excluding hydrogens is 176 g/mol. The van der Waals surface area contributed by atoms with E-state index in [1.165, 1.54) is 6.20 Å². The summed E-state index contributed by atoms with van der Waals surface area (Å²) in [7, 11) is -1.43. The summed E-state index contributed by atoms with van der Waals surface area (Å²) in [6.45, 7) is 0. The molecule has 1 aromatic rings. The molecule has 0 aromatic carbocycles. The Labute approximate surface area is 71.6 Å². The Hall–Kier alpha value is -1.10. The number of pyridine rings is 1. The second kappa shape index (κ2) is 3.10. The van der Waals surface area contributed by atoms with Crippen molar-refractivity contribution >= 4 is 15.5 Å². The molecule has 0 saturated heterocycles. The van der Waals surface area contributed by atoms with Gasteiger partial charge < -0.3 is 5.32 Å². The van der Waals surface area contributed by atoms with E-state index in [1.807, 2.05) is 0 Å². The van der Waals surface area contributed by atoms with Crippen LogP contribution in [0, 0.1) is 0 Å². The summed E-state index contributed by atoms with van der Waals surface area (Å²) >= 11 is 0. The Balaban J connectivity index is 3.20. The minimum Gasteiger partial charge on any atom is -0.387 e. The zero-order chi connectivity index (χ0) is 9.19. The number of hydrogen-bond acceptors (Lipinski definition) is 4. The largest absolute Gasteiger partial charge is 0.387 e. The normalized spacial score (nSPS) is 11.2. The number of nitrogens with one attached hydrogen (secondary N) is 1. The van der Waals surface area contributed by atoms with Crippen molar-refractivity contribution < 1.29 is 8.42 Å². The summed E-state index contributed by atoms with van der Waals surface area (Å²) in [5.41, 5.74) is 0.693. The second-order valence-electron chi connectivity index (χ2n) is 2.43. The van der Waals surface area contributed by atoms with Gasteiger partial charge in [0.25, 0.3) is 0 Å². The van der Waals surface area contributed by atoms with Gasteiger partial charge in [-0.3, -0.25) is 4.98 Å². The fraction of sp³-hybridized carbons (Fsp3) is 0.286. The molecule has 1 aromatic heterocycles.